The van der Waals surface area contributed by atoms with Gasteiger partial charge in [0, 0.05) is 16.3 Å². The molecule has 1 atom stereocenters. The maximum Gasteiger partial charge on any atom is 0.325 e. The molecule has 4 aromatic rings. The SMILES string of the molecule is CC(C)c1c(N[C@@H](C)C(=O)O)nc2cc3[nH]ncc3cc2c1-c1ccc(F)cc1. The van der Waals surface area contributed by atoms with Crippen molar-refractivity contribution >= 4 is 33.6 Å². The molecule has 0 saturated heterocycles. The maximum atomic E-state index is 13.6. The van der Waals surface area contributed by atoms with E-state index in [9.17, 15) is 14.3 Å². The fourth-order valence-corrected chi connectivity index (χ4v) is 3.58. The largest absolute Gasteiger partial charge is 0.480 e. The zero-order valence-electron chi connectivity index (χ0n) is 16.3. The highest BCUT2D eigenvalue weighted by Crippen LogP contribution is 2.40. The molecular weight excluding hydrogens is 371 g/mol. The highest BCUT2D eigenvalue weighted by atomic mass is 19.1. The summed E-state index contributed by atoms with van der Waals surface area (Å²) >= 11 is 0. The van der Waals surface area contributed by atoms with Crippen molar-refractivity contribution in [2.24, 2.45) is 0 Å². The number of nitrogens with one attached hydrogen (secondary N) is 2. The number of hydrogen-bond donors (Lipinski definition) is 3. The van der Waals surface area contributed by atoms with Crippen LogP contribution in [-0.2, 0) is 4.79 Å². The summed E-state index contributed by atoms with van der Waals surface area (Å²) in [5, 5.41) is 21.3. The van der Waals surface area contributed by atoms with Gasteiger partial charge in [-0.2, -0.15) is 5.10 Å². The Balaban J connectivity index is 2.09. The Morgan fingerprint density at radius 3 is 2.55 bits per heavy atom. The minimum absolute atomic E-state index is 0.0514. The number of rotatable bonds is 5. The Morgan fingerprint density at radius 2 is 1.90 bits per heavy atom. The van der Waals surface area contributed by atoms with E-state index in [-0.39, 0.29) is 11.7 Å². The van der Waals surface area contributed by atoms with Crippen molar-refractivity contribution in [3.8, 4) is 11.1 Å². The summed E-state index contributed by atoms with van der Waals surface area (Å²) in [5.41, 5.74) is 4.18. The molecule has 2 heterocycles. The van der Waals surface area contributed by atoms with Crippen molar-refractivity contribution in [1.82, 2.24) is 15.2 Å². The number of halogens is 1. The standard InChI is InChI=1S/C22H21FN4O2/c1-11(2)19-20(13-4-6-15(23)7-5-13)16-8-14-10-24-27-17(14)9-18(16)26-21(19)25-12(3)22(28)29/h4-12H,1-3H3,(H,24,27)(H,25,26)(H,28,29)/t12-/m0/s1. The number of nitrogens with zero attached hydrogens (tertiary/aromatic N) is 2. The number of hydrogen-bond acceptors (Lipinski definition) is 4. The van der Waals surface area contributed by atoms with Gasteiger partial charge < -0.3 is 10.4 Å². The van der Waals surface area contributed by atoms with E-state index >= 15 is 0 Å². The Hall–Kier alpha value is -3.48. The number of benzene rings is 2. The van der Waals surface area contributed by atoms with Crippen LogP contribution in [0, 0.1) is 5.82 Å². The van der Waals surface area contributed by atoms with Crippen molar-refractivity contribution in [1.29, 1.82) is 0 Å². The van der Waals surface area contributed by atoms with E-state index in [2.05, 4.69) is 15.5 Å². The number of fused-ring (bicyclic) bond motifs is 2. The molecule has 0 aliphatic heterocycles. The summed E-state index contributed by atoms with van der Waals surface area (Å²) in [6.07, 6.45) is 1.75. The molecule has 0 saturated carbocycles. The average Bonchev–Trinajstić information content (AvgIpc) is 3.13. The number of aromatic nitrogens is 3. The lowest BCUT2D eigenvalue weighted by Crippen LogP contribution is -2.27. The number of carboxylic acids is 1. The molecule has 6 nitrogen and oxygen atoms in total. The molecule has 2 aromatic heterocycles. The van der Waals surface area contributed by atoms with E-state index in [1.807, 2.05) is 26.0 Å². The zero-order valence-corrected chi connectivity index (χ0v) is 16.3. The number of aliphatic carboxylic acids is 1. The highest BCUT2D eigenvalue weighted by Gasteiger charge is 2.22. The van der Waals surface area contributed by atoms with E-state index in [1.165, 1.54) is 12.1 Å². The van der Waals surface area contributed by atoms with Gasteiger partial charge in [-0.25, -0.2) is 9.37 Å². The van der Waals surface area contributed by atoms with Crippen LogP contribution >= 0.6 is 0 Å². The molecule has 0 fully saturated rings. The van der Waals surface area contributed by atoms with Gasteiger partial charge in [-0.15, -0.1) is 0 Å². The third-order valence-corrected chi connectivity index (χ3v) is 5.02. The molecule has 0 amide bonds. The molecule has 4 rings (SSSR count). The number of pyridine rings is 1. The van der Waals surface area contributed by atoms with Crippen molar-refractivity contribution in [2.75, 3.05) is 5.32 Å². The first-order valence-corrected chi connectivity index (χ1v) is 9.41. The molecule has 0 radical (unpaired) electrons. The van der Waals surface area contributed by atoms with Crippen LogP contribution in [0.4, 0.5) is 10.2 Å². The van der Waals surface area contributed by atoms with E-state index in [1.54, 1.807) is 25.3 Å². The van der Waals surface area contributed by atoms with Gasteiger partial charge in [0.05, 0.1) is 17.2 Å². The first-order chi connectivity index (χ1) is 13.8. The lowest BCUT2D eigenvalue weighted by atomic mass is 9.89. The van der Waals surface area contributed by atoms with Gasteiger partial charge in [0.25, 0.3) is 0 Å². The normalized spacial score (nSPS) is 12.6. The van der Waals surface area contributed by atoms with Gasteiger partial charge >= 0.3 is 5.97 Å². The first kappa shape index (κ1) is 18.9. The van der Waals surface area contributed by atoms with Crippen LogP contribution in [0.15, 0.2) is 42.6 Å². The molecular formula is C22H21FN4O2. The van der Waals surface area contributed by atoms with Gasteiger partial charge in [0.2, 0.25) is 0 Å². The third-order valence-electron chi connectivity index (χ3n) is 5.02. The summed E-state index contributed by atoms with van der Waals surface area (Å²) in [4.78, 5) is 16.2. The molecule has 7 heteroatoms. The Kier molecular flexibility index (Phi) is 4.66. The van der Waals surface area contributed by atoms with Crippen LogP contribution in [0.2, 0.25) is 0 Å². The summed E-state index contributed by atoms with van der Waals surface area (Å²) in [5.74, 6) is -0.710. The second-order valence-electron chi connectivity index (χ2n) is 7.44. The zero-order chi connectivity index (χ0) is 20.7. The number of H-pyrrole nitrogens is 1. The number of aromatic amines is 1. The van der Waals surface area contributed by atoms with Crippen LogP contribution < -0.4 is 5.32 Å². The van der Waals surface area contributed by atoms with Crippen molar-refractivity contribution in [2.45, 2.75) is 32.7 Å². The third kappa shape index (κ3) is 3.40. The fourth-order valence-electron chi connectivity index (χ4n) is 3.58. The lowest BCUT2D eigenvalue weighted by molar-refractivity contribution is -0.137. The average molecular weight is 392 g/mol. The van der Waals surface area contributed by atoms with Crippen molar-refractivity contribution < 1.29 is 14.3 Å². The Morgan fingerprint density at radius 1 is 1.17 bits per heavy atom. The quantitative estimate of drug-likeness (QED) is 0.448. The number of carbonyl (C=O) groups is 1. The Bertz CT molecular complexity index is 1220. The maximum absolute atomic E-state index is 13.6. The molecule has 2 aromatic carbocycles. The Labute approximate surface area is 166 Å². The molecule has 0 aliphatic carbocycles. The molecule has 148 valence electrons. The highest BCUT2D eigenvalue weighted by molar-refractivity contribution is 6.05. The van der Waals surface area contributed by atoms with Gasteiger partial charge in [-0.3, -0.25) is 9.89 Å². The molecule has 0 unspecified atom stereocenters. The van der Waals surface area contributed by atoms with E-state index in [0.717, 1.165) is 33.0 Å². The minimum Gasteiger partial charge on any atom is -0.480 e. The second-order valence-corrected chi connectivity index (χ2v) is 7.44. The lowest BCUT2D eigenvalue weighted by Gasteiger charge is -2.22. The van der Waals surface area contributed by atoms with Crippen LogP contribution in [0.5, 0.6) is 0 Å². The van der Waals surface area contributed by atoms with Crippen LogP contribution in [0.3, 0.4) is 0 Å². The summed E-state index contributed by atoms with van der Waals surface area (Å²) in [7, 11) is 0. The smallest absolute Gasteiger partial charge is 0.325 e. The van der Waals surface area contributed by atoms with Gasteiger partial charge in [-0.05, 0) is 48.2 Å². The van der Waals surface area contributed by atoms with Gasteiger partial charge in [0.15, 0.2) is 0 Å². The minimum atomic E-state index is -0.964. The molecule has 0 bridgehead atoms. The van der Waals surface area contributed by atoms with Crippen molar-refractivity contribution in [3.63, 3.8) is 0 Å². The van der Waals surface area contributed by atoms with E-state index in [0.29, 0.717) is 11.3 Å². The topological polar surface area (TPSA) is 90.9 Å². The fraction of sp³-hybridized carbons (Fsp3) is 0.227. The van der Waals surface area contributed by atoms with Crippen LogP contribution in [0.25, 0.3) is 32.9 Å². The van der Waals surface area contributed by atoms with Crippen LogP contribution in [0.1, 0.15) is 32.3 Å². The number of carboxylic acid groups (broad SMARTS) is 1. The van der Waals surface area contributed by atoms with Gasteiger partial charge in [0.1, 0.15) is 17.7 Å². The monoisotopic (exact) mass is 392 g/mol. The second kappa shape index (κ2) is 7.16. The molecule has 29 heavy (non-hydrogen) atoms. The van der Waals surface area contributed by atoms with Gasteiger partial charge in [-0.1, -0.05) is 26.0 Å². The summed E-state index contributed by atoms with van der Waals surface area (Å²) in [6.45, 7) is 5.64. The van der Waals surface area contributed by atoms with E-state index in [4.69, 9.17) is 4.98 Å². The first-order valence-electron chi connectivity index (χ1n) is 9.41. The summed E-state index contributed by atoms with van der Waals surface area (Å²) in [6, 6.07) is 9.42. The number of anilines is 1. The van der Waals surface area contributed by atoms with Crippen molar-refractivity contribution in [3.05, 3.63) is 54.0 Å². The summed E-state index contributed by atoms with van der Waals surface area (Å²) < 4.78 is 13.6. The predicted molar refractivity (Wildman–Crippen MR) is 112 cm³/mol. The molecule has 3 N–H and O–H groups in total. The van der Waals surface area contributed by atoms with E-state index < -0.39 is 12.0 Å². The molecule has 0 spiro atoms. The van der Waals surface area contributed by atoms with Crippen LogP contribution in [-0.4, -0.2) is 32.3 Å². The molecule has 0 aliphatic rings. The predicted octanol–water partition coefficient (Wildman–Crippen LogP) is 4.93.